The van der Waals surface area contributed by atoms with Gasteiger partial charge in [0.15, 0.2) is 11.5 Å². The molecule has 5 heteroatoms. The van der Waals surface area contributed by atoms with Crippen molar-refractivity contribution in [3.63, 3.8) is 0 Å². The zero-order chi connectivity index (χ0) is 18.5. The van der Waals surface area contributed by atoms with E-state index in [2.05, 4.69) is 0 Å². The summed E-state index contributed by atoms with van der Waals surface area (Å²) < 4.78 is 29.3. The molecular formula is C23H18O5. The molecule has 6 rings (SSSR count). The molecule has 3 aliphatic heterocycles. The molecule has 0 unspecified atom stereocenters. The average Bonchev–Trinajstić information content (AvgIpc) is 3.34. The minimum atomic E-state index is -0.0653. The van der Waals surface area contributed by atoms with Crippen molar-refractivity contribution in [2.75, 3.05) is 13.4 Å². The SMILES string of the molecule is c1ccc(COc2ccc3c(c2)OC[C@@H]2c4cc5c(cc4O[C@H]32)OCO5)cc1. The molecule has 3 aromatic rings. The largest absolute Gasteiger partial charge is 0.492 e. The van der Waals surface area contributed by atoms with E-state index in [9.17, 15) is 0 Å². The van der Waals surface area contributed by atoms with Crippen molar-refractivity contribution >= 4 is 0 Å². The molecule has 0 fully saturated rings. The smallest absolute Gasteiger partial charge is 0.231 e. The zero-order valence-electron chi connectivity index (χ0n) is 15.1. The molecule has 0 spiro atoms. The zero-order valence-corrected chi connectivity index (χ0v) is 15.1. The Balaban J connectivity index is 1.25. The fraction of sp³-hybridized carbons (Fsp3) is 0.217. The van der Waals surface area contributed by atoms with E-state index in [0.717, 1.165) is 45.4 Å². The molecule has 0 saturated carbocycles. The van der Waals surface area contributed by atoms with E-state index in [1.807, 2.05) is 60.7 Å². The van der Waals surface area contributed by atoms with Crippen LogP contribution < -0.4 is 23.7 Å². The van der Waals surface area contributed by atoms with Crippen molar-refractivity contribution < 1.29 is 23.7 Å². The molecule has 3 aromatic carbocycles. The van der Waals surface area contributed by atoms with Gasteiger partial charge in [0.2, 0.25) is 6.79 Å². The Morgan fingerprint density at radius 1 is 0.786 bits per heavy atom. The molecule has 3 heterocycles. The molecular weight excluding hydrogens is 356 g/mol. The van der Waals surface area contributed by atoms with Crippen LogP contribution in [0.1, 0.15) is 28.7 Å². The van der Waals surface area contributed by atoms with Gasteiger partial charge in [-0.2, -0.15) is 0 Å². The molecule has 5 nitrogen and oxygen atoms in total. The van der Waals surface area contributed by atoms with Crippen LogP contribution in [0.4, 0.5) is 0 Å². The highest BCUT2D eigenvalue weighted by atomic mass is 16.7. The van der Waals surface area contributed by atoms with Crippen LogP contribution in [0.25, 0.3) is 0 Å². The van der Waals surface area contributed by atoms with Crippen molar-refractivity contribution in [1.82, 2.24) is 0 Å². The van der Waals surface area contributed by atoms with Gasteiger partial charge in [0.1, 0.15) is 30.0 Å². The van der Waals surface area contributed by atoms with Crippen LogP contribution >= 0.6 is 0 Å². The van der Waals surface area contributed by atoms with Crippen molar-refractivity contribution in [1.29, 1.82) is 0 Å². The Morgan fingerprint density at radius 2 is 1.64 bits per heavy atom. The van der Waals surface area contributed by atoms with Gasteiger partial charge < -0.3 is 23.7 Å². The summed E-state index contributed by atoms with van der Waals surface area (Å²) in [5.74, 6) is 4.12. The normalized spacial score (nSPS) is 20.4. The van der Waals surface area contributed by atoms with Gasteiger partial charge in [-0.05, 0) is 23.8 Å². The third-order valence-electron chi connectivity index (χ3n) is 5.48. The molecule has 0 saturated heterocycles. The summed E-state index contributed by atoms with van der Waals surface area (Å²) in [6, 6.07) is 20.0. The third kappa shape index (κ3) is 2.47. The van der Waals surface area contributed by atoms with Crippen LogP contribution in [0.5, 0.6) is 28.7 Å². The lowest BCUT2D eigenvalue weighted by molar-refractivity contribution is 0.138. The van der Waals surface area contributed by atoms with E-state index in [0.29, 0.717) is 13.2 Å². The minimum absolute atomic E-state index is 0.0653. The predicted octanol–water partition coefficient (Wildman–Crippen LogP) is 4.60. The van der Waals surface area contributed by atoms with Crippen LogP contribution in [0, 0.1) is 0 Å². The summed E-state index contributed by atoms with van der Waals surface area (Å²) in [7, 11) is 0. The van der Waals surface area contributed by atoms with Gasteiger partial charge in [-0.25, -0.2) is 0 Å². The van der Waals surface area contributed by atoms with E-state index in [-0.39, 0.29) is 18.8 Å². The van der Waals surface area contributed by atoms with Crippen LogP contribution in [-0.4, -0.2) is 13.4 Å². The van der Waals surface area contributed by atoms with Gasteiger partial charge in [0.25, 0.3) is 0 Å². The lowest BCUT2D eigenvalue weighted by Gasteiger charge is -2.28. The van der Waals surface area contributed by atoms with E-state index in [1.165, 1.54) is 0 Å². The number of rotatable bonds is 3. The summed E-state index contributed by atoms with van der Waals surface area (Å²) >= 11 is 0. The van der Waals surface area contributed by atoms with Gasteiger partial charge in [-0.15, -0.1) is 0 Å². The van der Waals surface area contributed by atoms with Gasteiger partial charge in [-0.1, -0.05) is 30.3 Å². The van der Waals surface area contributed by atoms with Crippen molar-refractivity contribution in [2.45, 2.75) is 18.6 Å². The molecule has 2 atom stereocenters. The van der Waals surface area contributed by atoms with E-state index in [1.54, 1.807) is 0 Å². The number of ether oxygens (including phenoxy) is 5. The Labute approximate surface area is 162 Å². The van der Waals surface area contributed by atoms with Gasteiger partial charge >= 0.3 is 0 Å². The van der Waals surface area contributed by atoms with Crippen LogP contribution in [0.2, 0.25) is 0 Å². The monoisotopic (exact) mass is 374 g/mol. The van der Waals surface area contributed by atoms with Crippen LogP contribution in [0.3, 0.4) is 0 Å². The fourth-order valence-electron chi connectivity index (χ4n) is 4.06. The molecule has 0 bridgehead atoms. The highest BCUT2D eigenvalue weighted by molar-refractivity contribution is 5.57. The Morgan fingerprint density at radius 3 is 2.54 bits per heavy atom. The molecule has 28 heavy (non-hydrogen) atoms. The molecule has 0 aromatic heterocycles. The van der Waals surface area contributed by atoms with Gasteiger partial charge in [0.05, 0.1) is 12.5 Å². The Kier molecular flexibility index (Phi) is 3.41. The second-order valence-corrected chi connectivity index (χ2v) is 7.17. The second-order valence-electron chi connectivity index (χ2n) is 7.17. The van der Waals surface area contributed by atoms with Crippen molar-refractivity contribution in [3.05, 3.63) is 77.4 Å². The molecule has 0 aliphatic carbocycles. The van der Waals surface area contributed by atoms with Crippen LogP contribution in [-0.2, 0) is 6.61 Å². The van der Waals surface area contributed by atoms with Crippen LogP contribution in [0.15, 0.2) is 60.7 Å². The number of hydrogen-bond donors (Lipinski definition) is 0. The molecule has 140 valence electrons. The lowest BCUT2D eigenvalue weighted by atomic mass is 9.89. The van der Waals surface area contributed by atoms with E-state index >= 15 is 0 Å². The number of benzene rings is 3. The fourth-order valence-corrected chi connectivity index (χ4v) is 4.06. The first kappa shape index (κ1) is 15.7. The number of fused-ring (bicyclic) bond motifs is 6. The van der Waals surface area contributed by atoms with E-state index in [4.69, 9.17) is 23.7 Å². The highest BCUT2D eigenvalue weighted by Crippen LogP contribution is 2.54. The molecule has 0 N–H and O–H groups in total. The molecule has 3 aliphatic rings. The van der Waals surface area contributed by atoms with E-state index < -0.39 is 0 Å². The maximum atomic E-state index is 6.28. The summed E-state index contributed by atoms with van der Waals surface area (Å²) in [4.78, 5) is 0. The first-order valence-electron chi connectivity index (χ1n) is 9.39. The lowest BCUT2D eigenvalue weighted by Crippen LogP contribution is -2.23. The third-order valence-corrected chi connectivity index (χ3v) is 5.48. The highest BCUT2D eigenvalue weighted by Gasteiger charge is 2.42. The first-order chi connectivity index (χ1) is 13.8. The quantitative estimate of drug-likeness (QED) is 0.670. The predicted molar refractivity (Wildman–Crippen MR) is 101 cm³/mol. The molecule has 0 amide bonds. The summed E-state index contributed by atoms with van der Waals surface area (Å²) in [6.45, 7) is 1.35. The summed E-state index contributed by atoms with van der Waals surface area (Å²) in [5, 5.41) is 0. The molecule has 0 radical (unpaired) electrons. The summed E-state index contributed by atoms with van der Waals surface area (Å²) in [5.41, 5.74) is 3.29. The standard InChI is InChI=1S/C23H18O5/c1-2-4-14(5-3-1)11-24-15-6-7-16-19(8-15)25-12-18-17-9-21-22(27-13-26-21)10-20(17)28-23(16)18/h1-10,18,23H,11-13H2/t18-,23-/m1/s1. The van der Waals surface area contributed by atoms with Crippen molar-refractivity contribution in [3.8, 4) is 28.7 Å². The minimum Gasteiger partial charge on any atom is -0.492 e. The van der Waals surface area contributed by atoms with Crippen molar-refractivity contribution in [2.24, 2.45) is 0 Å². The van der Waals surface area contributed by atoms with Gasteiger partial charge in [0, 0.05) is 23.3 Å². The topological polar surface area (TPSA) is 46.2 Å². The number of hydrogen-bond acceptors (Lipinski definition) is 5. The Hall–Kier alpha value is -3.34. The maximum absolute atomic E-state index is 6.28. The second kappa shape index (κ2) is 6.09. The van der Waals surface area contributed by atoms with Gasteiger partial charge in [-0.3, -0.25) is 0 Å². The Bertz CT molecular complexity index is 1050. The maximum Gasteiger partial charge on any atom is 0.231 e. The average molecular weight is 374 g/mol. The first-order valence-corrected chi connectivity index (χ1v) is 9.39. The summed E-state index contributed by atoms with van der Waals surface area (Å²) in [6.07, 6.45) is -0.0653.